The molecule has 1 fully saturated rings. The lowest BCUT2D eigenvalue weighted by atomic mass is 10.1. The van der Waals surface area contributed by atoms with Crippen LogP contribution in [-0.4, -0.2) is 178 Å². The fourth-order valence-electron chi connectivity index (χ4n) is 7.33. The predicted octanol–water partition coefficient (Wildman–Crippen LogP) is -7.10. The zero-order chi connectivity index (χ0) is 53.8. The number of nitrogens with zero attached hydrogens (tertiary/aromatic N) is 3. The van der Waals surface area contributed by atoms with Gasteiger partial charge in [-0.2, -0.15) is 0 Å². The normalized spacial score (nSPS) is 16.3. The molecule has 1 aliphatic rings. The first kappa shape index (κ1) is 61.3. The van der Waals surface area contributed by atoms with Gasteiger partial charge in [-0.15, -0.1) is 0 Å². The average Bonchev–Trinajstić information content (AvgIpc) is 4.06. The van der Waals surface area contributed by atoms with E-state index in [-0.39, 0.29) is 77.1 Å². The van der Waals surface area contributed by atoms with Crippen LogP contribution in [0.15, 0.2) is 29.3 Å². The van der Waals surface area contributed by atoms with Gasteiger partial charge in [-0.1, -0.05) is 12.5 Å². The number of aliphatic hydroxyl groups is 1. The van der Waals surface area contributed by atoms with Gasteiger partial charge in [0, 0.05) is 37.9 Å². The molecule has 8 unspecified atom stereocenters. The third-order valence-electron chi connectivity index (χ3n) is 11.3. The van der Waals surface area contributed by atoms with E-state index >= 15 is 0 Å². The topological polar surface area (TPSA) is 505 Å². The van der Waals surface area contributed by atoms with Crippen LogP contribution in [0, 0.1) is 0 Å². The molecule has 29 nitrogen and oxygen atoms in total. The quantitative estimate of drug-likeness (QED) is 0.0132. The summed E-state index contributed by atoms with van der Waals surface area (Å²) in [6.07, 6.45) is 5.60. The summed E-state index contributed by atoms with van der Waals surface area (Å²) in [5.41, 5.74) is 39.0. The summed E-state index contributed by atoms with van der Waals surface area (Å²) in [5, 5.41) is 37.5. The van der Waals surface area contributed by atoms with Crippen LogP contribution in [0.25, 0.3) is 0 Å². The Labute approximate surface area is 417 Å². The number of nitrogens with one attached hydrogen (secondary N) is 8. The second-order valence-electron chi connectivity index (χ2n) is 17.1. The summed E-state index contributed by atoms with van der Waals surface area (Å²) in [6.45, 7) is 1.19. The molecule has 72 heavy (non-hydrogen) atoms. The molecule has 0 aromatic carbocycles. The van der Waals surface area contributed by atoms with Crippen LogP contribution in [0.4, 0.5) is 0 Å². The number of carboxylic acids is 1. The number of carboxylic acid groups (broad SMARTS) is 1. The van der Waals surface area contributed by atoms with Crippen molar-refractivity contribution in [3.8, 4) is 0 Å². The van der Waals surface area contributed by atoms with Crippen LogP contribution in [0.3, 0.4) is 0 Å². The van der Waals surface area contributed by atoms with Crippen molar-refractivity contribution in [2.24, 2.45) is 45.1 Å². The smallest absolute Gasteiger partial charge is 0.352 e. The van der Waals surface area contributed by atoms with E-state index in [1.807, 2.05) is 0 Å². The number of hydrogen-bond acceptors (Lipinski definition) is 17. The van der Waals surface area contributed by atoms with E-state index in [2.05, 4.69) is 52.2 Å². The highest BCUT2D eigenvalue weighted by atomic mass is 16.4. The number of nitrogens with two attached hydrogens (primary N) is 7. The molecule has 1 aliphatic heterocycles. The summed E-state index contributed by atoms with van der Waals surface area (Å²) in [4.78, 5) is 132. The molecule has 1 aromatic rings. The molecule has 0 aliphatic carbocycles. The maximum atomic E-state index is 14.1. The Balaban J connectivity index is 2.20. The first-order valence-corrected chi connectivity index (χ1v) is 23.9. The number of aliphatic imine (C=N–C) groups is 1. The number of aromatic nitrogens is 2. The third kappa shape index (κ3) is 21.7. The highest BCUT2D eigenvalue weighted by molar-refractivity contribution is 5.99. The molecule has 0 radical (unpaired) electrons. The molecule has 2 heterocycles. The minimum absolute atomic E-state index is 0.0425. The summed E-state index contributed by atoms with van der Waals surface area (Å²) >= 11 is 0. The summed E-state index contributed by atoms with van der Waals surface area (Å²) in [7, 11) is 0. The van der Waals surface area contributed by atoms with Gasteiger partial charge in [0.15, 0.2) is 5.96 Å². The zero-order valence-corrected chi connectivity index (χ0v) is 40.7. The van der Waals surface area contributed by atoms with Crippen molar-refractivity contribution in [3.63, 3.8) is 0 Å². The van der Waals surface area contributed by atoms with Crippen molar-refractivity contribution in [1.29, 1.82) is 0 Å². The number of carbonyl (C=O) groups excluding carboxylic acids is 8. The monoisotopic (exact) mass is 1020 g/mol. The van der Waals surface area contributed by atoms with Crippen LogP contribution < -0.4 is 77.4 Å². The second kappa shape index (κ2) is 33.0. The Morgan fingerprint density at radius 3 is 2.10 bits per heavy atom. The van der Waals surface area contributed by atoms with Crippen molar-refractivity contribution >= 4 is 59.2 Å². The van der Waals surface area contributed by atoms with Gasteiger partial charge < -0.3 is 97.5 Å². The molecule has 404 valence electrons. The molecule has 24 N–H and O–H groups in total. The number of imidazole rings is 1. The lowest BCUT2D eigenvalue weighted by Gasteiger charge is -2.30. The summed E-state index contributed by atoms with van der Waals surface area (Å²) in [6, 6.07) is -8.80. The molecule has 8 atom stereocenters. The van der Waals surface area contributed by atoms with Gasteiger partial charge in [0.1, 0.15) is 41.9 Å². The zero-order valence-electron chi connectivity index (χ0n) is 40.7. The van der Waals surface area contributed by atoms with Gasteiger partial charge in [0.05, 0.1) is 25.0 Å². The molecule has 1 saturated heterocycles. The fraction of sp³-hybridized carbons (Fsp3) is 0.651. The highest BCUT2D eigenvalue weighted by Crippen LogP contribution is 2.20. The van der Waals surface area contributed by atoms with Crippen molar-refractivity contribution in [1.82, 2.24) is 52.1 Å². The standard InChI is InChI=1S/C43H76N18O11/c1-24(55-40(69)34(32(62)20-47)60-36(65)26(48)9-2-4-14-44)35(64)53-22-33(63)56-28(11-6-16-46)41(70)61-18-8-13-31(61)39(68)59-30(19-25-21-51-23-54-25)38(67)57-27(10-3-5-15-45)37(66)58-29(42(71)72)12-7-17-52-43(49)50/h12,21,23-24,26-28,30-32,34,62H,2-11,13-20,22,44-48H2,1H3,(H,51,54)(H,53,64)(H,55,69)(H,56,63)(H,57,67)(H,58,66)(H,59,68)(H,60,65)(H,71,72)(H4,49,50,52). The summed E-state index contributed by atoms with van der Waals surface area (Å²) < 4.78 is 0. The Bertz CT molecular complexity index is 2000. The van der Waals surface area contributed by atoms with E-state index in [1.165, 1.54) is 30.4 Å². The molecule has 8 amide bonds. The number of unbranched alkanes of at least 4 members (excludes halogenated alkanes) is 2. The fourth-order valence-corrected chi connectivity index (χ4v) is 7.33. The maximum Gasteiger partial charge on any atom is 0.352 e. The maximum absolute atomic E-state index is 14.1. The number of likely N-dealkylation sites (tertiary alicyclic amines) is 1. The first-order chi connectivity index (χ1) is 34.3. The van der Waals surface area contributed by atoms with Crippen LogP contribution in [-0.2, 0) is 49.6 Å². The van der Waals surface area contributed by atoms with E-state index in [0.717, 1.165) is 0 Å². The number of aromatic amines is 1. The van der Waals surface area contributed by atoms with Crippen LogP contribution in [0.2, 0.25) is 0 Å². The van der Waals surface area contributed by atoms with Gasteiger partial charge >= 0.3 is 5.97 Å². The molecule has 0 saturated carbocycles. The number of rotatable bonds is 34. The number of aliphatic carboxylic acids is 1. The van der Waals surface area contributed by atoms with Gasteiger partial charge in [-0.05, 0) is 90.8 Å². The molecule has 0 spiro atoms. The van der Waals surface area contributed by atoms with E-state index in [0.29, 0.717) is 44.3 Å². The minimum atomic E-state index is -1.56. The molecule has 1 aromatic heterocycles. The van der Waals surface area contributed by atoms with E-state index in [9.17, 15) is 53.4 Å². The van der Waals surface area contributed by atoms with E-state index in [1.54, 1.807) is 0 Å². The van der Waals surface area contributed by atoms with Gasteiger partial charge in [0.25, 0.3) is 0 Å². The lowest BCUT2D eigenvalue weighted by molar-refractivity contribution is -0.142. The largest absolute Gasteiger partial charge is 0.477 e. The van der Waals surface area contributed by atoms with Crippen LogP contribution >= 0.6 is 0 Å². The molecule has 29 heteroatoms. The number of hydrogen-bond donors (Lipinski definition) is 17. The number of aliphatic hydroxyl groups excluding tert-OH is 1. The Morgan fingerprint density at radius 2 is 1.49 bits per heavy atom. The minimum Gasteiger partial charge on any atom is -0.477 e. The van der Waals surface area contributed by atoms with Gasteiger partial charge in [-0.25, -0.2) is 9.78 Å². The molecular formula is C43H76N18O11. The number of guanidine groups is 1. The number of amides is 8. The summed E-state index contributed by atoms with van der Waals surface area (Å²) in [5.74, 6) is -8.00. The second-order valence-corrected chi connectivity index (χ2v) is 17.1. The average molecular weight is 1020 g/mol. The van der Waals surface area contributed by atoms with Crippen LogP contribution in [0.5, 0.6) is 0 Å². The highest BCUT2D eigenvalue weighted by Gasteiger charge is 2.39. The number of H-pyrrole nitrogens is 1. The van der Waals surface area contributed by atoms with Crippen molar-refractivity contribution in [2.75, 3.05) is 45.8 Å². The predicted molar refractivity (Wildman–Crippen MR) is 262 cm³/mol. The first-order valence-electron chi connectivity index (χ1n) is 23.9. The Kier molecular flexibility index (Phi) is 28.1. The van der Waals surface area contributed by atoms with E-state index < -0.39 is 120 Å². The molecular weight excluding hydrogens is 945 g/mol. The van der Waals surface area contributed by atoms with Crippen molar-refractivity contribution in [2.45, 2.75) is 132 Å². The van der Waals surface area contributed by atoms with Gasteiger partial charge in [-0.3, -0.25) is 43.3 Å². The van der Waals surface area contributed by atoms with Crippen LogP contribution in [0.1, 0.15) is 83.2 Å². The van der Waals surface area contributed by atoms with Gasteiger partial charge in [0.2, 0.25) is 47.3 Å². The lowest BCUT2D eigenvalue weighted by Crippen LogP contribution is -2.60. The third-order valence-corrected chi connectivity index (χ3v) is 11.3. The molecule has 2 rings (SSSR count). The van der Waals surface area contributed by atoms with Crippen molar-refractivity contribution in [3.05, 3.63) is 30.0 Å². The Morgan fingerprint density at radius 1 is 0.819 bits per heavy atom. The van der Waals surface area contributed by atoms with Crippen molar-refractivity contribution < 1.29 is 53.4 Å². The molecule has 0 bridgehead atoms. The number of carbonyl (C=O) groups is 9. The van der Waals surface area contributed by atoms with E-state index in [4.69, 9.17) is 40.1 Å². The Hall–Kier alpha value is -6.79. The SMILES string of the molecule is CC(NC(=O)C(NC(=O)C(N)CCCCN)C(O)CN)C(=O)NCC(=O)NC(CCCN)C(=O)N1CCCC1C(=O)NC(Cc1cnc[nH]1)C(=O)NC(CCCCN)C(=O)NC(=CCCN=C(N)N)C(=O)O.